The molecule has 0 saturated heterocycles. The van der Waals surface area contributed by atoms with Crippen molar-refractivity contribution in [3.8, 4) is 0 Å². The highest BCUT2D eigenvalue weighted by Gasteiger charge is 2.18. The maximum atomic E-state index is 4.21. The lowest BCUT2D eigenvalue weighted by molar-refractivity contribution is 0.850. The van der Waals surface area contributed by atoms with Crippen LogP contribution < -0.4 is 0 Å². The van der Waals surface area contributed by atoms with Gasteiger partial charge in [-0.05, 0) is 43.8 Å². The molecule has 1 saturated carbocycles. The molecular formula is C10H18S. The minimum atomic E-state index is 0.949. The Labute approximate surface area is 75.5 Å². The summed E-state index contributed by atoms with van der Waals surface area (Å²) in [5.41, 5.74) is 1.65. The van der Waals surface area contributed by atoms with Crippen LogP contribution in [0.15, 0.2) is 11.6 Å². The van der Waals surface area contributed by atoms with Crippen molar-refractivity contribution in [2.45, 2.75) is 39.0 Å². The second kappa shape index (κ2) is 4.87. The van der Waals surface area contributed by atoms with Crippen molar-refractivity contribution in [2.75, 3.05) is 5.75 Å². The third-order valence-corrected chi connectivity index (χ3v) is 2.52. The number of allylic oxidation sites excluding steroid dienone is 2. The van der Waals surface area contributed by atoms with Crippen molar-refractivity contribution in [1.29, 1.82) is 0 Å². The Kier molecular flexibility index (Phi) is 4.06. The monoisotopic (exact) mass is 170 g/mol. The second-order valence-electron chi connectivity index (χ2n) is 3.34. The molecule has 0 aromatic heterocycles. The van der Waals surface area contributed by atoms with Crippen LogP contribution in [0.5, 0.6) is 0 Å². The largest absolute Gasteiger partial charge is 0.179 e. The molecule has 1 heteroatoms. The van der Waals surface area contributed by atoms with Crippen LogP contribution in [0.1, 0.15) is 39.0 Å². The number of thiol groups is 1. The van der Waals surface area contributed by atoms with Crippen LogP contribution in [0.4, 0.5) is 0 Å². The Morgan fingerprint density at radius 2 is 2.27 bits per heavy atom. The Morgan fingerprint density at radius 3 is 2.73 bits per heavy atom. The molecule has 0 radical (unpaired) electrons. The molecule has 0 bridgehead atoms. The average molecular weight is 170 g/mol. The molecule has 0 unspecified atom stereocenters. The predicted molar refractivity (Wildman–Crippen MR) is 54.2 cm³/mol. The molecule has 0 aromatic rings. The van der Waals surface area contributed by atoms with Gasteiger partial charge in [-0.3, -0.25) is 0 Å². The molecule has 64 valence electrons. The number of rotatable bonds is 5. The van der Waals surface area contributed by atoms with Gasteiger partial charge >= 0.3 is 0 Å². The van der Waals surface area contributed by atoms with Crippen LogP contribution in [0, 0.1) is 5.92 Å². The van der Waals surface area contributed by atoms with Crippen molar-refractivity contribution < 1.29 is 0 Å². The summed E-state index contributed by atoms with van der Waals surface area (Å²) in [4.78, 5) is 0. The number of hydrogen-bond acceptors (Lipinski definition) is 1. The first-order chi connectivity index (χ1) is 5.36. The maximum Gasteiger partial charge on any atom is -0.00949 e. The summed E-state index contributed by atoms with van der Waals surface area (Å²) in [5.74, 6) is 1.98. The van der Waals surface area contributed by atoms with Crippen molar-refractivity contribution >= 4 is 12.6 Å². The summed E-state index contributed by atoms with van der Waals surface area (Å²) in [6, 6.07) is 0. The minimum absolute atomic E-state index is 0.949. The summed E-state index contributed by atoms with van der Waals surface area (Å²) >= 11 is 4.21. The quantitative estimate of drug-likeness (QED) is 0.474. The van der Waals surface area contributed by atoms with Crippen LogP contribution in [0.3, 0.4) is 0 Å². The van der Waals surface area contributed by atoms with Crippen molar-refractivity contribution in [3.63, 3.8) is 0 Å². The van der Waals surface area contributed by atoms with Crippen molar-refractivity contribution in [3.05, 3.63) is 11.6 Å². The van der Waals surface area contributed by atoms with Gasteiger partial charge in [0.1, 0.15) is 0 Å². The molecule has 0 amide bonds. The van der Waals surface area contributed by atoms with E-state index in [0.29, 0.717) is 0 Å². The van der Waals surface area contributed by atoms with Gasteiger partial charge in [0.05, 0.1) is 0 Å². The molecule has 0 N–H and O–H groups in total. The van der Waals surface area contributed by atoms with Gasteiger partial charge in [0.15, 0.2) is 0 Å². The molecule has 0 heterocycles. The lowest BCUT2D eigenvalue weighted by atomic mass is 10.1. The fourth-order valence-electron chi connectivity index (χ4n) is 1.28. The molecule has 1 aliphatic rings. The first-order valence-corrected chi connectivity index (χ1v) is 5.30. The SMILES string of the molecule is CCC(=CC1CC1)CCCS. The Bertz CT molecular complexity index is 134. The Balaban J connectivity index is 2.22. The van der Waals surface area contributed by atoms with Gasteiger partial charge in [-0.15, -0.1) is 0 Å². The van der Waals surface area contributed by atoms with E-state index in [9.17, 15) is 0 Å². The van der Waals surface area contributed by atoms with Gasteiger partial charge in [-0.1, -0.05) is 18.6 Å². The zero-order valence-electron chi connectivity index (χ0n) is 7.34. The average Bonchev–Trinajstić information content (AvgIpc) is 2.81. The van der Waals surface area contributed by atoms with Crippen LogP contribution >= 0.6 is 12.6 Å². The fraction of sp³-hybridized carbons (Fsp3) is 0.800. The molecule has 0 atom stereocenters. The lowest BCUT2D eigenvalue weighted by Crippen LogP contribution is -1.84. The second-order valence-corrected chi connectivity index (χ2v) is 3.79. The maximum absolute atomic E-state index is 4.21. The third-order valence-electron chi connectivity index (χ3n) is 2.20. The normalized spacial score (nSPS) is 18.9. The van der Waals surface area contributed by atoms with Crippen molar-refractivity contribution in [2.24, 2.45) is 5.92 Å². The predicted octanol–water partition coefficient (Wildman–Crippen LogP) is 3.44. The highest BCUT2D eigenvalue weighted by molar-refractivity contribution is 7.80. The van der Waals surface area contributed by atoms with Gasteiger partial charge in [0.25, 0.3) is 0 Å². The summed E-state index contributed by atoms with van der Waals surface area (Å²) < 4.78 is 0. The standard InChI is InChI=1S/C10H18S/c1-2-9(4-3-7-11)8-10-5-6-10/h8,10-11H,2-7H2,1H3. The Hall–Kier alpha value is 0.0900. The molecule has 11 heavy (non-hydrogen) atoms. The molecule has 0 nitrogen and oxygen atoms in total. The first kappa shape index (κ1) is 9.18. The van der Waals surface area contributed by atoms with E-state index < -0.39 is 0 Å². The van der Waals surface area contributed by atoms with E-state index in [1.54, 1.807) is 5.57 Å². The van der Waals surface area contributed by atoms with E-state index in [2.05, 4.69) is 25.6 Å². The van der Waals surface area contributed by atoms with E-state index in [0.717, 1.165) is 11.7 Å². The zero-order chi connectivity index (χ0) is 8.10. The lowest BCUT2D eigenvalue weighted by Gasteiger charge is -2.01. The van der Waals surface area contributed by atoms with E-state index in [4.69, 9.17) is 0 Å². The van der Waals surface area contributed by atoms with Gasteiger partial charge in [-0.2, -0.15) is 12.6 Å². The van der Waals surface area contributed by atoms with Crippen LogP contribution in [-0.4, -0.2) is 5.75 Å². The van der Waals surface area contributed by atoms with E-state index >= 15 is 0 Å². The third kappa shape index (κ3) is 3.85. The zero-order valence-corrected chi connectivity index (χ0v) is 8.24. The summed E-state index contributed by atoms with van der Waals surface area (Å²) in [6.45, 7) is 2.26. The fourth-order valence-corrected chi connectivity index (χ4v) is 1.44. The molecule has 1 rings (SSSR count). The summed E-state index contributed by atoms with van der Waals surface area (Å²) in [6.07, 6.45) is 9.12. The highest BCUT2D eigenvalue weighted by atomic mass is 32.1. The van der Waals surface area contributed by atoms with Gasteiger partial charge < -0.3 is 0 Å². The molecule has 1 aliphatic carbocycles. The molecule has 0 aromatic carbocycles. The van der Waals surface area contributed by atoms with Gasteiger partial charge in [-0.25, -0.2) is 0 Å². The Morgan fingerprint density at radius 1 is 1.55 bits per heavy atom. The molecule has 0 spiro atoms. The van der Waals surface area contributed by atoms with E-state index in [1.165, 1.54) is 32.1 Å². The molecular weight excluding hydrogens is 152 g/mol. The van der Waals surface area contributed by atoms with E-state index in [-0.39, 0.29) is 0 Å². The highest BCUT2D eigenvalue weighted by Crippen LogP contribution is 2.32. The summed E-state index contributed by atoms with van der Waals surface area (Å²) in [7, 11) is 0. The van der Waals surface area contributed by atoms with E-state index in [1.807, 2.05) is 0 Å². The van der Waals surface area contributed by atoms with Crippen LogP contribution in [0.2, 0.25) is 0 Å². The van der Waals surface area contributed by atoms with Crippen LogP contribution in [0.25, 0.3) is 0 Å². The topological polar surface area (TPSA) is 0 Å². The van der Waals surface area contributed by atoms with Crippen molar-refractivity contribution in [1.82, 2.24) is 0 Å². The molecule has 1 fully saturated rings. The van der Waals surface area contributed by atoms with Crippen LogP contribution in [-0.2, 0) is 0 Å². The van der Waals surface area contributed by atoms with Gasteiger partial charge in [0, 0.05) is 0 Å². The van der Waals surface area contributed by atoms with Gasteiger partial charge in [0.2, 0.25) is 0 Å². The summed E-state index contributed by atoms with van der Waals surface area (Å²) in [5, 5.41) is 0. The molecule has 0 aliphatic heterocycles. The number of hydrogen-bond donors (Lipinski definition) is 1. The minimum Gasteiger partial charge on any atom is -0.179 e. The first-order valence-electron chi connectivity index (χ1n) is 4.67. The smallest absolute Gasteiger partial charge is 0.00949 e.